The van der Waals surface area contributed by atoms with Gasteiger partial charge in [0, 0.05) is 22.5 Å². The molecule has 0 saturated carbocycles. The fourth-order valence-electron chi connectivity index (χ4n) is 1.57. The van der Waals surface area contributed by atoms with Crippen molar-refractivity contribution in [1.82, 2.24) is 0 Å². The largest absolute Gasteiger partial charge is 0.296 e. The van der Waals surface area contributed by atoms with E-state index in [9.17, 15) is 14.9 Å². The molecule has 0 aliphatic rings. The highest BCUT2D eigenvalue weighted by atomic mass is 35.5. The normalized spacial score (nSPS) is 11.3. The van der Waals surface area contributed by atoms with E-state index in [0.29, 0.717) is 11.1 Å². The van der Waals surface area contributed by atoms with Crippen LogP contribution in [-0.4, -0.2) is 16.6 Å². The number of alkyl halides is 1. The first-order valence-electron chi connectivity index (χ1n) is 5.91. The number of hydrogen-bond donors (Lipinski definition) is 0. The Labute approximate surface area is 116 Å². The number of rotatable bonds is 5. The second-order valence-corrected chi connectivity index (χ2v) is 4.23. The molecule has 1 aromatic carbocycles. The van der Waals surface area contributed by atoms with E-state index in [1.54, 1.807) is 24.3 Å². The maximum atomic E-state index is 11.5. The topological polar surface area (TPSA) is 60.2 Å². The maximum Gasteiger partial charge on any atom is 0.296 e. The molecule has 0 aromatic heterocycles. The summed E-state index contributed by atoms with van der Waals surface area (Å²) in [4.78, 5) is 21.9. The predicted octanol–water partition coefficient (Wildman–Crippen LogP) is 2.96. The summed E-state index contributed by atoms with van der Waals surface area (Å²) < 4.78 is 0. The highest BCUT2D eigenvalue weighted by molar-refractivity contribution is 6.28. The lowest BCUT2D eigenvalue weighted by molar-refractivity contribution is -0.513. The van der Waals surface area contributed by atoms with E-state index in [1.807, 2.05) is 6.92 Å². The number of nitro groups is 1. The van der Waals surface area contributed by atoms with Crippen LogP contribution in [0, 0.1) is 22.0 Å². The number of nitrogens with zero attached hydrogens (tertiary/aromatic N) is 1. The van der Waals surface area contributed by atoms with Gasteiger partial charge in [-0.15, -0.1) is 11.6 Å². The summed E-state index contributed by atoms with van der Waals surface area (Å²) >= 11 is 5.40. The molecule has 0 amide bonds. The standard InChI is InChI=1S/C14H14ClNO3/c1-2-3-4-6-11-7-5-8-12(9-11)14(16(18)19)13(17)10-15/h5,7-9,14H,2-3,10H2,1H3. The number of Topliss-reactive ketones (excluding diaryl/α,β-unsaturated/α-hetero) is 1. The lowest BCUT2D eigenvalue weighted by Gasteiger charge is -2.07. The Bertz CT molecular complexity index is 531. The fraction of sp³-hybridized carbons (Fsp3) is 0.357. The summed E-state index contributed by atoms with van der Waals surface area (Å²) in [5.74, 6) is 4.88. The summed E-state index contributed by atoms with van der Waals surface area (Å²) in [6.07, 6.45) is 1.72. The summed E-state index contributed by atoms with van der Waals surface area (Å²) in [7, 11) is 0. The van der Waals surface area contributed by atoms with Crippen molar-refractivity contribution in [3.63, 3.8) is 0 Å². The molecule has 0 heterocycles. The zero-order chi connectivity index (χ0) is 14.3. The average Bonchev–Trinajstić information content (AvgIpc) is 2.39. The number of unbranched alkanes of at least 4 members (excludes halogenated alkanes) is 1. The quantitative estimate of drug-likeness (QED) is 0.360. The number of ketones is 1. The van der Waals surface area contributed by atoms with Crippen LogP contribution < -0.4 is 0 Å². The van der Waals surface area contributed by atoms with Gasteiger partial charge in [0.1, 0.15) is 0 Å². The summed E-state index contributed by atoms with van der Waals surface area (Å²) in [5, 5.41) is 11.0. The van der Waals surface area contributed by atoms with Gasteiger partial charge < -0.3 is 0 Å². The van der Waals surface area contributed by atoms with Crippen molar-refractivity contribution < 1.29 is 9.72 Å². The third-order valence-electron chi connectivity index (χ3n) is 2.46. The van der Waals surface area contributed by atoms with Crippen molar-refractivity contribution in [2.24, 2.45) is 0 Å². The van der Waals surface area contributed by atoms with E-state index >= 15 is 0 Å². The Balaban J connectivity index is 3.06. The molecule has 1 rings (SSSR count). The van der Waals surface area contributed by atoms with Gasteiger partial charge in [-0.25, -0.2) is 0 Å². The minimum Gasteiger partial charge on any atom is -0.290 e. The number of hydrogen-bond acceptors (Lipinski definition) is 3. The third kappa shape index (κ3) is 4.38. The Morgan fingerprint density at radius 2 is 2.26 bits per heavy atom. The Morgan fingerprint density at radius 1 is 1.53 bits per heavy atom. The van der Waals surface area contributed by atoms with Crippen molar-refractivity contribution in [2.45, 2.75) is 25.8 Å². The molecule has 0 radical (unpaired) electrons. The number of carbonyl (C=O) groups is 1. The van der Waals surface area contributed by atoms with Crippen LogP contribution in [0.15, 0.2) is 24.3 Å². The molecule has 1 unspecified atom stereocenters. The van der Waals surface area contributed by atoms with Crippen LogP contribution in [0.4, 0.5) is 0 Å². The molecule has 0 fully saturated rings. The second kappa shape index (κ2) is 7.55. The van der Waals surface area contributed by atoms with Gasteiger partial charge in [0.15, 0.2) is 0 Å². The van der Waals surface area contributed by atoms with E-state index < -0.39 is 16.7 Å². The Hall–Kier alpha value is -1.86. The minimum atomic E-state index is -1.41. The summed E-state index contributed by atoms with van der Waals surface area (Å²) in [6.45, 7) is 2.02. The van der Waals surface area contributed by atoms with Crippen molar-refractivity contribution in [1.29, 1.82) is 0 Å². The van der Waals surface area contributed by atoms with E-state index in [1.165, 1.54) is 0 Å². The minimum absolute atomic E-state index is 0.318. The van der Waals surface area contributed by atoms with Gasteiger partial charge in [0.25, 0.3) is 6.04 Å². The fourth-order valence-corrected chi connectivity index (χ4v) is 1.72. The highest BCUT2D eigenvalue weighted by Crippen LogP contribution is 2.19. The van der Waals surface area contributed by atoms with E-state index in [4.69, 9.17) is 11.6 Å². The van der Waals surface area contributed by atoms with E-state index in [-0.39, 0.29) is 5.88 Å². The molecule has 5 heteroatoms. The summed E-state index contributed by atoms with van der Waals surface area (Å²) in [5.41, 5.74) is 0.985. The van der Waals surface area contributed by atoms with Crippen LogP contribution in [0.1, 0.15) is 36.9 Å². The molecule has 0 aliphatic heterocycles. The van der Waals surface area contributed by atoms with Crippen molar-refractivity contribution in [3.05, 3.63) is 45.5 Å². The molecular weight excluding hydrogens is 266 g/mol. The highest BCUT2D eigenvalue weighted by Gasteiger charge is 2.30. The van der Waals surface area contributed by atoms with Crippen molar-refractivity contribution in [3.8, 4) is 11.8 Å². The molecule has 1 aromatic rings. The number of carbonyl (C=O) groups excluding carboxylic acids is 1. The monoisotopic (exact) mass is 279 g/mol. The molecule has 0 aliphatic carbocycles. The predicted molar refractivity (Wildman–Crippen MR) is 73.7 cm³/mol. The smallest absolute Gasteiger partial charge is 0.290 e. The first-order valence-corrected chi connectivity index (χ1v) is 6.44. The molecule has 0 saturated heterocycles. The lowest BCUT2D eigenvalue weighted by Crippen LogP contribution is -2.22. The zero-order valence-corrected chi connectivity index (χ0v) is 11.3. The Morgan fingerprint density at radius 3 is 2.84 bits per heavy atom. The van der Waals surface area contributed by atoms with Gasteiger partial charge in [-0.3, -0.25) is 14.9 Å². The second-order valence-electron chi connectivity index (χ2n) is 3.97. The van der Waals surface area contributed by atoms with Gasteiger partial charge in [-0.1, -0.05) is 30.9 Å². The maximum absolute atomic E-state index is 11.5. The molecule has 0 bridgehead atoms. The van der Waals surface area contributed by atoms with Gasteiger partial charge in [0.05, 0.1) is 5.88 Å². The lowest BCUT2D eigenvalue weighted by atomic mass is 10.0. The molecule has 100 valence electrons. The van der Waals surface area contributed by atoms with Crippen LogP contribution in [0.3, 0.4) is 0 Å². The van der Waals surface area contributed by atoms with E-state index in [0.717, 1.165) is 12.8 Å². The molecule has 19 heavy (non-hydrogen) atoms. The van der Waals surface area contributed by atoms with Crippen LogP contribution in [-0.2, 0) is 4.79 Å². The zero-order valence-electron chi connectivity index (χ0n) is 10.6. The van der Waals surface area contributed by atoms with Crippen molar-refractivity contribution >= 4 is 17.4 Å². The first kappa shape index (κ1) is 15.2. The van der Waals surface area contributed by atoms with Crippen LogP contribution in [0.2, 0.25) is 0 Å². The van der Waals surface area contributed by atoms with Crippen LogP contribution >= 0.6 is 11.6 Å². The van der Waals surface area contributed by atoms with Crippen LogP contribution in [0.25, 0.3) is 0 Å². The SMILES string of the molecule is CCCC#Cc1cccc(C(C(=O)CCl)[N+](=O)[O-])c1. The third-order valence-corrected chi connectivity index (χ3v) is 2.72. The van der Waals surface area contributed by atoms with Gasteiger partial charge in [-0.2, -0.15) is 0 Å². The molecule has 0 N–H and O–H groups in total. The van der Waals surface area contributed by atoms with Gasteiger partial charge >= 0.3 is 0 Å². The number of halogens is 1. The molecule has 4 nitrogen and oxygen atoms in total. The Kier molecular flexibility index (Phi) is 6.04. The first-order chi connectivity index (χ1) is 9.10. The average molecular weight is 280 g/mol. The van der Waals surface area contributed by atoms with Gasteiger partial charge in [-0.05, 0) is 18.6 Å². The van der Waals surface area contributed by atoms with E-state index in [2.05, 4.69) is 11.8 Å². The summed E-state index contributed by atoms with van der Waals surface area (Å²) in [6, 6.07) is 5.12. The van der Waals surface area contributed by atoms with Gasteiger partial charge in [0.2, 0.25) is 5.78 Å². The number of benzene rings is 1. The molecule has 1 atom stereocenters. The molecular formula is C14H14ClNO3. The van der Waals surface area contributed by atoms with Crippen molar-refractivity contribution in [2.75, 3.05) is 5.88 Å². The van der Waals surface area contributed by atoms with Crippen LogP contribution in [0.5, 0.6) is 0 Å². The molecule has 0 spiro atoms.